The molecule has 2 aliphatic heterocycles. The lowest BCUT2D eigenvalue weighted by atomic mass is 10.1. The predicted molar refractivity (Wildman–Crippen MR) is 123 cm³/mol. The zero-order valence-electron chi connectivity index (χ0n) is 18.6. The summed E-state index contributed by atoms with van der Waals surface area (Å²) in [4.78, 5) is 39.7. The highest BCUT2D eigenvalue weighted by molar-refractivity contribution is 7.53. The first-order chi connectivity index (χ1) is 16.6. The van der Waals surface area contributed by atoms with Crippen LogP contribution in [0.25, 0.3) is 11.0 Å². The standard InChI is InChI=1S/C20H27ClN5O8P/c21-19-24-16(23-10-3-1-2-4-10)11-5-6-26(17(11)25-19)18-15(29)14(28)12(34-18)8-33-20(35(30,31)32)7-13(27)22-9-20/h5-6,10,12,14-15,18,28-29H,1-4,7-9H2,(H,22,27)(H,23,24,25)(H2,30,31,32)/t12-,14-,15-,18-,20?/m1/s1. The maximum atomic E-state index is 12.0. The number of aliphatic hydroxyl groups excluding tert-OH is 2. The van der Waals surface area contributed by atoms with Gasteiger partial charge in [0.05, 0.1) is 25.0 Å². The number of carbonyl (C=O) groups excluding carboxylic acids is 1. The van der Waals surface area contributed by atoms with Crippen molar-refractivity contribution in [2.45, 2.75) is 68.0 Å². The van der Waals surface area contributed by atoms with Gasteiger partial charge in [-0.3, -0.25) is 9.36 Å². The quantitative estimate of drug-likeness (QED) is 0.215. The van der Waals surface area contributed by atoms with Crippen LogP contribution in [0.3, 0.4) is 0 Å². The number of halogens is 1. The summed E-state index contributed by atoms with van der Waals surface area (Å²) in [6, 6.07) is 2.04. The highest BCUT2D eigenvalue weighted by atomic mass is 35.5. The van der Waals surface area contributed by atoms with Crippen LogP contribution in [0.15, 0.2) is 12.3 Å². The van der Waals surface area contributed by atoms with Crippen LogP contribution in [0.1, 0.15) is 38.3 Å². The second-order valence-corrected chi connectivity index (χ2v) is 11.5. The van der Waals surface area contributed by atoms with Gasteiger partial charge < -0.3 is 44.7 Å². The van der Waals surface area contributed by atoms with E-state index in [-0.39, 0.29) is 17.9 Å². The minimum absolute atomic E-state index is 0.00727. The number of anilines is 1. The number of aromatic nitrogens is 3. The molecule has 0 spiro atoms. The highest BCUT2D eigenvalue weighted by Crippen LogP contribution is 2.54. The van der Waals surface area contributed by atoms with Crippen molar-refractivity contribution in [3.05, 3.63) is 17.5 Å². The van der Waals surface area contributed by atoms with Crippen LogP contribution >= 0.6 is 19.2 Å². The number of fused-ring (bicyclic) bond motifs is 1. The van der Waals surface area contributed by atoms with E-state index < -0.39 is 56.4 Å². The van der Waals surface area contributed by atoms with E-state index in [0.29, 0.717) is 16.9 Å². The van der Waals surface area contributed by atoms with Gasteiger partial charge in [0.15, 0.2) is 11.6 Å². The van der Waals surface area contributed by atoms with Crippen molar-refractivity contribution in [1.82, 2.24) is 19.9 Å². The monoisotopic (exact) mass is 531 g/mol. The SMILES string of the molecule is O=C1CC(OC[C@H]2O[C@@H](n3ccc4c(NC5CCCC5)nc(Cl)nc43)[C@H](O)[C@@H]2O)(P(=O)(O)O)CN1. The van der Waals surface area contributed by atoms with Gasteiger partial charge in [-0.15, -0.1) is 0 Å². The van der Waals surface area contributed by atoms with E-state index in [9.17, 15) is 29.4 Å². The summed E-state index contributed by atoms with van der Waals surface area (Å²) in [6.07, 6.45) is 0.416. The number of ether oxygens (including phenoxy) is 2. The number of amides is 1. The van der Waals surface area contributed by atoms with E-state index in [2.05, 4.69) is 20.6 Å². The average Bonchev–Trinajstić information content (AvgIpc) is 3.56. The molecule has 1 amide bonds. The fourth-order valence-corrected chi connectivity index (χ4v) is 5.97. The Kier molecular flexibility index (Phi) is 6.56. The van der Waals surface area contributed by atoms with Crippen molar-refractivity contribution in [3.63, 3.8) is 0 Å². The van der Waals surface area contributed by atoms with Crippen molar-refractivity contribution in [2.24, 2.45) is 0 Å². The third kappa shape index (κ3) is 4.56. The topological polar surface area (TPSA) is 188 Å². The van der Waals surface area contributed by atoms with Crippen LogP contribution in [0, 0.1) is 0 Å². The smallest absolute Gasteiger partial charge is 0.359 e. The van der Waals surface area contributed by atoms with Crippen LogP contribution in [-0.4, -0.2) is 83.3 Å². The van der Waals surface area contributed by atoms with Crippen LogP contribution in [0.5, 0.6) is 0 Å². The molecule has 4 heterocycles. The number of aliphatic hydroxyl groups is 2. The Morgan fingerprint density at radius 3 is 2.69 bits per heavy atom. The number of nitrogens with zero attached hydrogens (tertiary/aromatic N) is 3. The number of hydrogen-bond acceptors (Lipinski definition) is 9. The zero-order valence-corrected chi connectivity index (χ0v) is 20.2. The molecule has 0 bridgehead atoms. The molecule has 1 unspecified atom stereocenters. The van der Waals surface area contributed by atoms with Crippen LogP contribution in [0.2, 0.25) is 5.28 Å². The van der Waals surface area contributed by atoms with Gasteiger partial charge in [0.1, 0.15) is 29.8 Å². The lowest BCUT2D eigenvalue weighted by Crippen LogP contribution is -2.40. The molecule has 3 aliphatic rings. The molecule has 2 aromatic rings. The van der Waals surface area contributed by atoms with Gasteiger partial charge in [0.25, 0.3) is 0 Å². The second-order valence-electron chi connectivity index (χ2n) is 9.23. The van der Waals surface area contributed by atoms with Crippen LogP contribution < -0.4 is 10.6 Å². The minimum atomic E-state index is -4.84. The van der Waals surface area contributed by atoms with Gasteiger partial charge in [-0.1, -0.05) is 12.8 Å². The normalized spacial score (nSPS) is 32.0. The molecule has 0 radical (unpaired) electrons. The largest absolute Gasteiger partial charge is 0.387 e. The van der Waals surface area contributed by atoms with Crippen molar-refractivity contribution >= 4 is 42.0 Å². The van der Waals surface area contributed by atoms with E-state index >= 15 is 0 Å². The van der Waals surface area contributed by atoms with Gasteiger partial charge in [-0.05, 0) is 30.5 Å². The summed E-state index contributed by atoms with van der Waals surface area (Å²) in [5.74, 6) is 0.0112. The molecule has 2 aromatic heterocycles. The van der Waals surface area contributed by atoms with Gasteiger partial charge in [-0.25, -0.2) is 4.98 Å². The lowest BCUT2D eigenvalue weighted by molar-refractivity contribution is -0.122. The maximum Gasteiger partial charge on any atom is 0.359 e. The molecule has 1 saturated carbocycles. The first-order valence-electron chi connectivity index (χ1n) is 11.4. The third-order valence-corrected chi connectivity index (χ3v) is 8.57. The lowest BCUT2D eigenvalue weighted by Gasteiger charge is -2.29. The molecule has 13 nitrogen and oxygen atoms in total. The molecule has 5 rings (SSSR count). The molecular weight excluding hydrogens is 505 g/mol. The molecule has 15 heteroatoms. The van der Waals surface area contributed by atoms with Gasteiger partial charge >= 0.3 is 7.60 Å². The molecule has 192 valence electrons. The number of carbonyl (C=O) groups is 1. The summed E-state index contributed by atoms with van der Waals surface area (Å²) in [6.45, 7) is -0.836. The Morgan fingerprint density at radius 2 is 2.03 bits per heavy atom. The van der Waals surface area contributed by atoms with E-state index in [1.807, 2.05) is 0 Å². The molecule has 6 N–H and O–H groups in total. The Bertz CT molecular complexity index is 1170. The fraction of sp³-hybridized carbons (Fsp3) is 0.650. The van der Waals surface area contributed by atoms with Crippen molar-refractivity contribution < 1.29 is 38.8 Å². The first kappa shape index (κ1) is 24.8. The summed E-state index contributed by atoms with van der Waals surface area (Å²) < 4.78 is 24.9. The summed E-state index contributed by atoms with van der Waals surface area (Å²) in [5, 5.41) is 25.7. The van der Waals surface area contributed by atoms with Gasteiger partial charge in [0.2, 0.25) is 11.2 Å². The van der Waals surface area contributed by atoms with Gasteiger partial charge in [0, 0.05) is 12.2 Å². The van der Waals surface area contributed by atoms with Crippen molar-refractivity contribution in [3.8, 4) is 0 Å². The molecule has 3 fully saturated rings. The predicted octanol–water partition coefficient (Wildman–Crippen LogP) is 0.469. The summed E-state index contributed by atoms with van der Waals surface area (Å²) >= 11 is 6.18. The Labute approximate surface area is 204 Å². The van der Waals surface area contributed by atoms with Gasteiger partial charge in [-0.2, -0.15) is 4.98 Å². The van der Waals surface area contributed by atoms with E-state index in [0.717, 1.165) is 25.7 Å². The molecular formula is C20H27ClN5O8P. The summed E-state index contributed by atoms with van der Waals surface area (Å²) in [7, 11) is -4.84. The number of nitrogens with one attached hydrogen (secondary N) is 2. The van der Waals surface area contributed by atoms with Crippen molar-refractivity contribution in [1.29, 1.82) is 0 Å². The first-order valence-corrected chi connectivity index (χ1v) is 13.4. The zero-order chi connectivity index (χ0) is 25.0. The Hall–Kier alpha value is -1.83. The third-order valence-electron chi connectivity index (χ3n) is 6.90. The molecule has 5 atom stereocenters. The average molecular weight is 532 g/mol. The molecule has 0 aromatic carbocycles. The highest BCUT2D eigenvalue weighted by Gasteiger charge is 2.55. The van der Waals surface area contributed by atoms with Crippen LogP contribution in [-0.2, 0) is 18.8 Å². The minimum Gasteiger partial charge on any atom is -0.387 e. The van der Waals surface area contributed by atoms with Crippen molar-refractivity contribution in [2.75, 3.05) is 18.5 Å². The fourth-order valence-electron chi connectivity index (χ4n) is 4.92. The Balaban J connectivity index is 1.36. The number of hydrogen-bond donors (Lipinski definition) is 6. The number of rotatable bonds is 7. The second kappa shape index (κ2) is 9.24. The van der Waals surface area contributed by atoms with Crippen LogP contribution in [0.4, 0.5) is 5.82 Å². The molecule has 35 heavy (non-hydrogen) atoms. The van der Waals surface area contributed by atoms with E-state index in [1.54, 1.807) is 12.3 Å². The maximum absolute atomic E-state index is 12.0. The van der Waals surface area contributed by atoms with E-state index in [4.69, 9.17) is 21.1 Å². The van der Waals surface area contributed by atoms with E-state index in [1.165, 1.54) is 4.57 Å². The molecule has 1 aliphatic carbocycles. The summed E-state index contributed by atoms with van der Waals surface area (Å²) in [5.41, 5.74) is 0.389. The Morgan fingerprint density at radius 1 is 1.29 bits per heavy atom. The molecule has 2 saturated heterocycles.